The lowest BCUT2D eigenvalue weighted by Gasteiger charge is -2.33. The first-order valence-corrected chi connectivity index (χ1v) is 12.7. The van der Waals surface area contributed by atoms with Crippen LogP contribution in [0.4, 0.5) is 5.69 Å². The first-order chi connectivity index (χ1) is 17.4. The van der Waals surface area contributed by atoms with Gasteiger partial charge in [0.05, 0.1) is 6.21 Å². The molecule has 1 fully saturated rings. The number of piperazine rings is 1. The summed E-state index contributed by atoms with van der Waals surface area (Å²) in [7, 11) is 3.79. The number of hydrogen-bond donors (Lipinski definition) is 2. The lowest BCUT2D eigenvalue weighted by atomic mass is 9.72. The van der Waals surface area contributed by atoms with Crippen LogP contribution in [0.15, 0.2) is 47.6 Å². The van der Waals surface area contributed by atoms with Crippen LogP contribution in [-0.2, 0) is 16.0 Å². The second-order valence-corrected chi connectivity index (χ2v) is 9.78. The van der Waals surface area contributed by atoms with Crippen molar-refractivity contribution in [2.45, 2.75) is 31.6 Å². The molecule has 2 aliphatic rings. The number of amides is 1. The zero-order valence-corrected chi connectivity index (χ0v) is 21.2. The summed E-state index contributed by atoms with van der Waals surface area (Å²) in [6.07, 6.45) is 4.43. The Balaban J connectivity index is 1.39. The quantitative estimate of drug-likeness (QED) is 0.519. The van der Waals surface area contributed by atoms with Crippen LogP contribution in [0.3, 0.4) is 0 Å². The molecule has 0 saturated carbocycles. The molecule has 0 spiro atoms. The lowest BCUT2D eigenvalue weighted by Crippen LogP contribution is -2.41. The van der Waals surface area contributed by atoms with E-state index in [9.17, 15) is 14.7 Å². The number of anilines is 1. The summed E-state index contributed by atoms with van der Waals surface area (Å²) in [6, 6.07) is 13.4. The molecule has 0 bridgehead atoms. The third-order valence-corrected chi connectivity index (χ3v) is 7.25. The van der Waals surface area contributed by atoms with Crippen molar-refractivity contribution < 1.29 is 19.4 Å². The summed E-state index contributed by atoms with van der Waals surface area (Å²) in [5.41, 5.74) is 4.64. The van der Waals surface area contributed by atoms with E-state index in [0.717, 1.165) is 56.7 Å². The molecule has 8 heteroatoms. The Bertz CT molecular complexity index is 1080. The van der Waals surface area contributed by atoms with Crippen molar-refractivity contribution >= 4 is 23.8 Å². The molecule has 2 N–H and O–H groups in total. The summed E-state index contributed by atoms with van der Waals surface area (Å²) >= 11 is 0. The number of ether oxygens (including phenoxy) is 1. The van der Waals surface area contributed by atoms with Gasteiger partial charge in [-0.1, -0.05) is 18.2 Å². The van der Waals surface area contributed by atoms with Crippen molar-refractivity contribution in [2.24, 2.45) is 11.0 Å². The first kappa shape index (κ1) is 25.9. The summed E-state index contributed by atoms with van der Waals surface area (Å²) < 4.78 is 5.28. The number of carbonyl (C=O) groups excluding carboxylic acids is 1. The second kappa shape index (κ2) is 12.1. The van der Waals surface area contributed by atoms with Crippen LogP contribution in [-0.4, -0.2) is 80.0 Å². The van der Waals surface area contributed by atoms with Crippen molar-refractivity contribution in [3.63, 3.8) is 0 Å². The minimum atomic E-state index is -0.758. The number of methoxy groups -OCH3 is 1. The van der Waals surface area contributed by atoms with Gasteiger partial charge < -0.3 is 20.1 Å². The van der Waals surface area contributed by atoms with E-state index in [4.69, 9.17) is 4.74 Å². The zero-order valence-electron chi connectivity index (χ0n) is 21.2. The summed E-state index contributed by atoms with van der Waals surface area (Å²) in [5, 5.41) is 19.0. The molecule has 1 saturated heterocycles. The first-order valence-electron chi connectivity index (χ1n) is 12.7. The maximum absolute atomic E-state index is 12.9. The minimum Gasteiger partial charge on any atom is -0.481 e. The lowest BCUT2D eigenvalue weighted by molar-refractivity contribution is -0.138. The third kappa shape index (κ3) is 6.71. The Morgan fingerprint density at radius 2 is 1.89 bits per heavy atom. The highest BCUT2D eigenvalue weighted by molar-refractivity contribution is 6.04. The Kier molecular flexibility index (Phi) is 8.72. The Morgan fingerprint density at radius 3 is 2.58 bits per heavy atom. The summed E-state index contributed by atoms with van der Waals surface area (Å²) in [6.45, 7) is 4.45. The van der Waals surface area contributed by atoms with Crippen molar-refractivity contribution in [1.82, 2.24) is 9.91 Å². The number of aryl methyl sites for hydroxylation is 1. The fraction of sp³-hybridized carbons (Fsp3) is 0.464. The molecule has 1 aliphatic carbocycles. The van der Waals surface area contributed by atoms with E-state index in [0.29, 0.717) is 12.2 Å². The number of carboxylic acids is 1. The van der Waals surface area contributed by atoms with Gasteiger partial charge in [-0.3, -0.25) is 14.6 Å². The monoisotopic (exact) mass is 492 g/mol. The highest BCUT2D eigenvalue weighted by atomic mass is 16.5. The van der Waals surface area contributed by atoms with Gasteiger partial charge in [0, 0.05) is 57.6 Å². The van der Waals surface area contributed by atoms with Crippen LogP contribution in [0, 0.1) is 5.92 Å². The Labute approximate surface area is 212 Å². The highest BCUT2D eigenvalue weighted by Gasteiger charge is 2.31. The van der Waals surface area contributed by atoms with Crippen LogP contribution in [0.1, 0.15) is 52.2 Å². The van der Waals surface area contributed by atoms with E-state index in [1.54, 1.807) is 7.11 Å². The number of fused-ring (bicyclic) bond motifs is 1. The van der Waals surface area contributed by atoms with Gasteiger partial charge in [0.15, 0.2) is 0 Å². The van der Waals surface area contributed by atoms with Crippen LogP contribution >= 0.6 is 0 Å². The number of nitrogens with one attached hydrogen (secondary N) is 1. The zero-order chi connectivity index (χ0) is 25.5. The van der Waals surface area contributed by atoms with Crippen molar-refractivity contribution in [2.75, 3.05) is 52.3 Å². The van der Waals surface area contributed by atoms with E-state index < -0.39 is 5.97 Å². The molecule has 2 aromatic carbocycles. The number of likely N-dealkylation sites (N-methyl/N-ethyl adjacent to an activating group) is 1. The predicted octanol–water partition coefficient (Wildman–Crippen LogP) is 3.68. The van der Waals surface area contributed by atoms with Gasteiger partial charge in [-0.2, -0.15) is 5.10 Å². The number of benzene rings is 2. The average molecular weight is 493 g/mol. The number of hydrazone groups is 1. The van der Waals surface area contributed by atoms with Crippen LogP contribution in [0.5, 0.6) is 0 Å². The topological polar surface area (TPSA) is 94.5 Å². The van der Waals surface area contributed by atoms with Gasteiger partial charge in [0.2, 0.25) is 0 Å². The number of rotatable bonds is 9. The summed E-state index contributed by atoms with van der Waals surface area (Å²) in [5.74, 6) is -0.669. The van der Waals surface area contributed by atoms with Gasteiger partial charge in [-0.25, -0.2) is 0 Å². The number of carbonyl (C=O) groups is 2. The SMILES string of the molecule is COCCC1c2ccc(NC(=O)c3ccc(C=NN4CCN(C)CC4)cc3)cc2CCC1CC(=O)O. The van der Waals surface area contributed by atoms with Crippen molar-refractivity contribution in [3.05, 3.63) is 64.7 Å². The van der Waals surface area contributed by atoms with Gasteiger partial charge >= 0.3 is 5.97 Å². The molecule has 36 heavy (non-hydrogen) atoms. The molecule has 1 amide bonds. The van der Waals surface area contributed by atoms with Crippen LogP contribution in [0.25, 0.3) is 0 Å². The largest absolute Gasteiger partial charge is 0.481 e. The number of hydrogen-bond acceptors (Lipinski definition) is 6. The molecule has 8 nitrogen and oxygen atoms in total. The van der Waals surface area contributed by atoms with Crippen molar-refractivity contribution in [1.29, 1.82) is 0 Å². The molecule has 0 aromatic heterocycles. The maximum atomic E-state index is 12.9. The smallest absolute Gasteiger partial charge is 0.303 e. The molecule has 1 aliphatic heterocycles. The van der Waals surface area contributed by atoms with Crippen molar-refractivity contribution in [3.8, 4) is 0 Å². The van der Waals surface area contributed by atoms with Crippen LogP contribution < -0.4 is 5.32 Å². The number of nitrogens with zero attached hydrogens (tertiary/aromatic N) is 3. The molecular formula is C28H36N4O4. The summed E-state index contributed by atoms with van der Waals surface area (Å²) in [4.78, 5) is 26.5. The number of carboxylic acid groups (broad SMARTS) is 1. The molecule has 4 rings (SSSR count). The molecule has 2 atom stereocenters. The maximum Gasteiger partial charge on any atom is 0.303 e. The Morgan fingerprint density at radius 1 is 1.14 bits per heavy atom. The van der Waals surface area contributed by atoms with Crippen LogP contribution in [0.2, 0.25) is 0 Å². The molecule has 2 unspecified atom stereocenters. The van der Waals surface area contributed by atoms with E-state index >= 15 is 0 Å². The molecule has 1 heterocycles. The van der Waals surface area contributed by atoms with E-state index in [1.807, 2.05) is 48.7 Å². The molecule has 0 radical (unpaired) electrons. The molecule has 192 valence electrons. The third-order valence-electron chi connectivity index (χ3n) is 7.25. The van der Waals surface area contributed by atoms with Gasteiger partial charge in [0.1, 0.15) is 0 Å². The fourth-order valence-electron chi connectivity index (χ4n) is 5.15. The van der Waals surface area contributed by atoms with E-state index in [-0.39, 0.29) is 24.2 Å². The normalized spacial score (nSPS) is 20.3. The standard InChI is InChI=1S/C28H36N4O4/c1-31-12-14-32(15-13-31)29-19-20-3-5-21(6-4-20)28(35)30-24-9-10-25-22(17-24)7-8-23(18-27(33)34)26(25)11-16-36-2/h3-6,9-10,17,19,23,26H,7-8,11-16,18H2,1-2H3,(H,30,35)(H,33,34). The minimum absolute atomic E-state index is 0.101. The second-order valence-electron chi connectivity index (χ2n) is 9.78. The Hall–Kier alpha value is -3.23. The number of aliphatic carboxylic acids is 1. The van der Waals surface area contributed by atoms with Gasteiger partial charge in [-0.05, 0) is 79.1 Å². The van der Waals surface area contributed by atoms with Gasteiger partial charge in [-0.15, -0.1) is 0 Å². The predicted molar refractivity (Wildman–Crippen MR) is 141 cm³/mol. The molecule has 2 aromatic rings. The van der Waals surface area contributed by atoms with E-state index in [2.05, 4.69) is 27.4 Å². The highest BCUT2D eigenvalue weighted by Crippen LogP contribution is 2.41. The van der Waals surface area contributed by atoms with E-state index in [1.165, 1.54) is 11.1 Å². The fourth-order valence-corrected chi connectivity index (χ4v) is 5.15. The average Bonchev–Trinajstić information content (AvgIpc) is 2.87. The van der Waals surface area contributed by atoms with Gasteiger partial charge in [0.25, 0.3) is 5.91 Å². The molecular weight excluding hydrogens is 456 g/mol.